The molecule has 0 aliphatic heterocycles. The largest absolute Gasteiger partial charge is 0.367 e. The summed E-state index contributed by atoms with van der Waals surface area (Å²) in [6, 6.07) is 9.82. The monoisotopic (exact) mass is 306 g/mol. The Morgan fingerprint density at radius 2 is 1.94 bits per heavy atom. The van der Waals surface area contributed by atoms with Crippen LogP contribution in [0, 0.1) is 0 Å². The van der Waals surface area contributed by atoms with Crippen molar-refractivity contribution in [2.24, 2.45) is 0 Å². The van der Waals surface area contributed by atoms with Gasteiger partial charge in [0.1, 0.15) is 0 Å². The maximum atomic E-state index is 11.7. The molecular formula is C14H15BrN2O. The topological polar surface area (TPSA) is 44.9 Å². The third-order valence-electron chi connectivity index (χ3n) is 2.68. The molecule has 94 valence electrons. The number of rotatable bonds is 5. The second-order valence-corrected chi connectivity index (χ2v) is 5.04. The predicted octanol–water partition coefficient (Wildman–Crippen LogP) is 2.68. The van der Waals surface area contributed by atoms with Crippen molar-refractivity contribution >= 4 is 21.8 Å². The molecule has 0 atom stereocenters. The normalized spacial score (nSPS) is 10.3. The summed E-state index contributed by atoms with van der Waals surface area (Å²) >= 11 is 3.37. The van der Waals surface area contributed by atoms with Crippen LogP contribution in [-0.2, 0) is 17.6 Å². The lowest BCUT2D eigenvalue weighted by Gasteiger charge is -2.04. The van der Waals surface area contributed by atoms with E-state index in [1.165, 1.54) is 5.56 Å². The molecule has 0 spiro atoms. The van der Waals surface area contributed by atoms with Crippen LogP contribution < -0.4 is 5.32 Å². The van der Waals surface area contributed by atoms with Crippen LogP contribution in [0.15, 0.2) is 47.2 Å². The lowest BCUT2D eigenvalue weighted by molar-refractivity contribution is -0.120. The van der Waals surface area contributed by atoms with Crippen molar-refractivity contribution < 1.29 is 4.79 Å². The summed E-state index contributed by atoms with van der Waals surface area (Å²) in [5.74, 6) is 0.0628. The van der Waals surface area contributed by atoms with Gasteiger partial charge in [0.15, 0.2) is 0 Å². The number of hydrogen-bond acceptors (Lipinski definition) is 1. The van der Waals surface area contributed by atoms with Gasteiger partial charge in [-0.05, 0) is 35.7 Å². The van der Waals surface area contributed by atoms with Crippen LogP contribution >= 0.6 is 15.9 Å². The van der Waals surface area contributed by atoms with Crippen LogP contribution in [0.25, 0.3) is 0 Å². The summed E-state index contributed by atoms with van der Waals surface area (Å²) in [5.41, 5.74) is 2.23. The van der Waals surface area contributed by atoms with Crippen LogP contribution in [0.4, 0.5) is 0 Å². The first kappa shape index (κ1) is 12.9. The van der Waals surface area contributed by atoms with E-state index in [1.807, 2.05) is 42.7 Å². The number of halogens is 1. The molecule has 2 aromatic rings. The number of carbonyl (C=O) groups is 1. The molecule has 3 nitrogen and oxygen atoms in total. The van der Waals surface area contributed by atoms with Gasteiger partial charge < -0.3 is 10.3 Å². The highest BCUT2D eigenvalue weighted by Gasteiger charge is 2.02. The van der Waals surface area contributed by atoms with Gasteiger partial charge in [-0.15, -0.1) is 0 Å². The van der Waals surface area contributed by atoms with Crippen molar-refractivity contribution in [1.82, 2.24) is 10.3 Å². The van der Waals surface area contributed by atoms with Gasteiger partial charge in [-0.3, -0.25) is 4.79 Å². The zero-order valence-corrected chi connectivity index (χ0v) is 11.5. The van der Waals surface area contributed by atoms with E-state index in [0.717, 1.165) is 16.5 Å². The molecule has 4 heteroatoms. The molecular weight excluding hydrogens is 292 g/mol. The number of H-pyrrole nitrogens is 1. The maximum absolute atomic E-state index is 11.7. The van der Waals surface area contributed by atoms with Gasteiger partial charge >= 0.3 is 0 Å². The molecule has 0 bridgehead atoms. The molecule has 1 aromatic carbocycles. The second kappa shape index (κ2) is 6.40. The highest BCUT2D eigenvalue weighted by atomic mass is 79.9. The van der Waals surface area contributed by atoms with E-state index >= 15 is 0 Å². The third-order valence-corrected chi connectivity index (χ3v) is 3.20. The fraction of sp³-hybridized carbons (Fsp3) is 0.214. The summed E-state index contributed by atoms with van der Waals surface area (Å²) in [5, 5.41) is 2.92. The molecule has 18 heavy (non-hydrogen) atoms. The molecule has 2 rings (SSSR count). The first-order valence-corrected chi connectivity index (χ1v) is 6.66. The summed E-state index contributed by atoms with van der Waals surface area (Å²) in [6.45, 7) is 0.674. The average Bonchev–Trinajstić information content (AvgIpc) is 2.85. The van der Waals surface area contributed by atoms with E-state index in [4.69, 9.17) is 0 Å². The van der Waals surface area contributed by atoms with Crippen LogP contribution in [-0.4, -0.2) is 17.4 Å². The molecule has 0 aliphatic rings. The number of hydrogen-bond donors (Lipinski definition) is 2. The lowest BCUT2D eigenvalue weighted by atomic mass is 10.1. The number of aromatic nitrogens is 1. The lowest BCUT2D eigenvalue weighted by Crippen LogP contribution is -2.27. The van der Waals surface area contributed by atoms with Crippen LogP contribution in [0.2, 0.25) is 0 Å². The highest BCUT2D eigenvalue weighted by Crippen LogP contribution is 2.10. The Balaban J connectivity index is 1.73. The predicted molar refractivity (Wildman–Crippen MR) is 75.4 cm³/mol. The summed E-state index contributed by atoms with van der Waals surface area (Å²) in [7, 11) is 0. The molecule has 0 saturated carbocycles. The van der Waals surface area contributed by atoms with Crippen LogP contribution in [0.1, 0.15) is 11.1 Å². The van der Waals surface area contributed by atoms with E-state index in [-0.39, 0.29) is 5.91 Å². The number of nitrogens with one attached hydrogen (secondary N) is 2. The molecule has 2 N–H and O–H groups in total. The van der Waals surface area contributed by atoms with E-state index in [1.54, 1.807) is 0 Å². The van der Waals surface area contributed by atoms with Gasteiger partial charge in [0.05, 0.1) is 6.42 Å². The first-order valence-electron chi connectivity index (χ1n) is 5.87. The minimum absolute atomic E-state index is 0.0628. The van der Waals surface area contributed by atoms with Crippen molar-refractivity contribution in [2.45, 2.75) is 12.8 Å². The quantitative estimate of drug-likeness (QED) is 0.876. The summed E-state index contributed by atoms with van der Waals surface area (Å²) in [6.07, 6.45) is 5.12. The smallest absolute Gasteiger partial charge is 0.224 e. The zero-order chi connectivity index (χ0) is 12.8. The number of aromatic amines is 1. The minimum atomic E-state index is 0.0628. The van der Waals surface area contributed by atoms with Crippen molar-refractivity contribution in [3.05, 3.63) is 58.3 Å². The first-order chi connectivity index (χ1) is 8.74. The van der Waals surface area contributed by atoms with Gasteiger partial charge in [0.25, 0.3) is 0 Å². The second-order valence-electron chi connectivity index (χ2n) is 4.12. The van der Waals surface area contributed by atoms with Crippen molar-refractivity contribution in [1.29, 1.82) is 0 Å². The van der Waals surface area contributed by atoms with E-state index in [2.05, 4.69) is 26.2 Å². The number of carbonyl (C=O) groups excluding carboxylic acids is 1. The van der Waals surface area contributed by atoms with E-state index < -0.39 is 0 Å². The Morgan fingerprint density at radius 3 is 2.61 bits per heavy atom. The molecule has 0 fully saturated rings. The molecule has 0 unspecified atom stereocenters. The molecule has 0 saturated heterocycles. The Labute approximate surface area is 115 Å². The fourth-order valence-corrected chi connectivity index (χ4v) is 1.97. The van der Waals surface area contributed by atoms with Crippen molar-refractivity contribution in [2.75, 3.05) is 6.54 Å². The van der Waals surface area contributed by atoms with Crippen molar-refractivity contribution in [3.63, 3.8) is 0 Å². The average molecular weight is 307 g/mol. The molecule has 0 radical (unpaired) electrons. The molecule has 1 heterocycles. The van der Waals surface area contributed by atoms with Gasteiger partial charge in [-0.1, -0.05) is 28.1 Å². The Hall–Kier alpha value is -1.55. The minimum Gasteiger partial charge on any atom is -0.367 e. The number of amides is 1. The molecule has 1 amide bonds. The Bertz CT molecular complexity index is 491. The van der Waals surface area contributed by atoms with Gasteiger partial charge in [-0.25, -0.2) is 0 Å². The van der Waals surface area contributed by atoms with E-state index in [9.17, 15) is 4.79 Å². The highest BCUT2D eigenvalue weighted by molar-refractivity contribution is 9.10. The van der Waals surface area contributed by atoms with E-state index in [0.29, 0.717) is 13.0 Å². The van der Waals surface area contributed by atoms with Crippen LogP contribution in [0.5, 0.6) is 0 Å². The van der Waals surface area contributed by atoms with Crippen LogP contribution in [0.3, 0.4) is 0 Å². The van der Waals surface area contributed by atoms with Gasteiger partial charge in [0.2, 0.25) is 5.91 Å². The fourth-order valence-electron chi connectivity index (χ4n) is 1.71. The van der Waals surface area contributed by atoms with Crippen molar-refractivity contribution in [3.8, 4) is 0 Å². The maximum Gasteiger partial charge on any atom is 0.224 e. The molecule has 0 aliphatic carbocycles. The third kappa shape index (κ3) is 4.04. The summed E-state index contributed by atoms with van der Waals surface area (Å²) in [4.78, 5) is 14.7. The Kier molecular flexibility index (Phi) is 4.59. The van der Waals surface area contributed by atoms with Gasteiger partial charge in [0, 0.05) is 23.4 Å². The Morgan fingerprint density at radius 1 is 1.17 bits per heavy atom. The standard InChI is InChI=1S/C14H15BrN2O/c15-13-3-1-11(2-4-13)9-14(18)17-8-6-12-5-7-16-10-12/h1-5,7,10,16H,6,8-9H2,(H,17,18). The molecule has 1 aromatic heterocycles. The summed E-state index contributed by atoms with van der Waals surface area (Å²) < 4.78 is 1.03. The zero-order valence-electron chi connectivity index (χ0n) is 9.95. The number of benzene rings is 1. The van der Waals surface area contributed by atoms with Gasteiger partial charge in [-0.2, -0.15) is 0 Å². The SMILES string of the molecule is O=C(Cc1ccc(Br)cc1)NCCc1cc[nH]c1.